The van der Waals surface area contributed by atoms with Gasteiger partial charge in [0.2, 0.25) is 0 Å². The Morgan fingerprint density at radius 1 is 1.31 bits per heavy atom. The monoisotopic (exact) mass is 238 g/mol. The van der Waals surface area contributed by atoms with E-state index in [0.29, 0.717) is 0 Å². The van der Waals surface area contributed by atoms with Crippen molar-refractivity contribution in [3.8, 4) is 0 Å². The molecule has 1 N–H and O–H groups in total. The highest BCUT2D eigenvalue weighted by Gasteiger charge is 2.10. The van der Waals surface area contributed by atoms with E-state index in [4.69, 9.17) is 11.6 Å². The van der Waals surface area contributed by atoms with Crippen molar-refractivity contribution >= 4 is 11.6 Å². The van der Waals surface area contributed by atoms with Crippen LogP contribution < -0.4 is 5.32 Å². The highest BCUT2D eigenvalue weighted by atomic mass is 35.5. The lowest BCUT2D eigenvalue weighted by Gasteiger charge is -2.27. The van der Waals surface area contributed by atoms with Gasteiger partial charge < -0.3 is 10.2 Å². The number of halogens is 1. The largest absolute Gasteiger partial charge is 0.314 e. The quantitative estimate of drug-likeness (QED) is 0.868. The summed E-state index contributed by atoms with van der Waals surface area (Å²) in [5.41, 5.74) is 2.62. The maximum absolute atomic E-state index is 6.11. The van der Waals surface area contributed by atoms with E-state index in [1.165, 1.54) is 24.2 Å². The van der Waals surface area contributed by atoms with Crippen molar-refractivity contribution in [2.45, 2.75) is 13.3 Å². The van der Waals surface area contributed by atoms with Gasteiger partial charge in [-0.1, -0.05) is 23.7 Å². The molecule has 0 radical (unpaired) electrons. The van der Waals surface area contributed by atoms with Crippen LogP contribution in [-0.4, -0.2) is 37.6 Å². The number of hydrogen-bond donors (Lipinski definition) is 1. The molecule has 0 unspecified atom stereocenters. The molecule has 1 aliphatic rings. The molecule has 3 heteroatoms. The van der Waals surface area contributed by atoms with Gasteiger partial charge in [0.25, 0.3) is 0 Å². The molecule has 0 amide bonds. The summed E-state index contributed by atoms with van der Waals surface area (Å²) in [4.78, 5) is 2.51. The third-order valence-corrected chi connectivity index (χ3v) is 3.70. The molecule has 0 atom stereocenters. The van der Waals surface area contributed by atoms with Crippen LogP contribution in [0.15, 0.2) is 18.2 Å². The van der Waals surface area contributed by atoms with Crippen LogP contribution in [0.2, 0.25) is 5.02 Å². The van der Waals surface area contributed by atoms with Gasteiger partial charge in [0.15, 0.2) is 0 Å². The molecule has 0 saturated carbocycles. The van der Waals surface area contributed by atoms with E-state index in [0.717, 1.165) is 31.1 Å². The predicted molar refractivity (Wildman–Crippen MR) is 69.2 cm³/mol. The molecular formula is C13H19ClN2. The zero-order valence-corrected chi connectivity index (χ0v) is 10.6. The first-order valence-corrected chi connectivity index (χ1v) is 6.32. The lowest BCUT2D eigenvalue weighted by Crippen LogP contribution is -2.44. The third-order valence-electron chi connectivity index (χ3n) is 3.29. The van der Waals surface area contributed by atoms with E-state index < -0.39 is 0 Å². The summed E-state index contributed by atoms with van der Waals surface area (Å²) in [5, 5.41) is 4.26. The van der Waals surface area contributed by atoms with E-state index in [2.05, 4.69) is 23.2 Å². The molecule has 0 bridgehead atoms. The van der Waals surface area contributed by atoms with Gasteiger partial charge in [0.05, 0.1) is 0 Å². The Labute approximate surface area is 103 Å². The minimum atomic E-state index is 0.887. The molecule has 1 aromatic carbocycles. The van der Waals surface area contributed by atoms with Gasteiger partial charge in [0.1, 0.15) is 0 Å². The standard InChI is InChI=1S/C13H19ClN2/c1-11-12(3-2-4-13(11)14)5-8-16-9-6-15-7-10-16/h2-4,15H,5-10H2,1H3. The Hall–Kier alpha value is -0.570. The van der Waals surface area contributed by atoms with E-state index >= 15 is 0 Å². The van der Waals surface area contributed by atoms with Crippen molar-refractivity contribution in [2.75, 3.05) is 32.7 Å². The molecule has 1 fully saturated rings. The normalized spacial score (nSPS) is 17.6. The Kier molecular flexibility index (Phi) is 4.22. The smallest absolute Gasteiger partial charge is 0.0437 e. The van der Waals surface area contributed by atoms with Gasteiger partial charge in [0, 0.05) is 37.7 Å². The van der Waals surface area contributed by atoms with Gasteiger partial charge in [-0.2, -0.15) is 0 Å². The van der Waals surface area contributed by atoms with Gasteiger partial charge >= 0.3 is 0 Å². The second kappa shape index (κ2) is 5.67. The fourth-order valence-electron chi connectivity index (χ4n) is 2.14. The van der Waals surface area contributed by atoms with Gasteiger partial charge in [-0.25, -0.2) is 0 Å². The van der Waals surface area contributed by atoms with Crippen molar-refractivity contribution in [3.05, 3.63) is 34.3 Å². The summed E-state index contributed by atoms with van der Waals surface area (Å²) in [6, 6.07) is 6.19. The number of nitrogens with one attached hydrogen (secondary N) is 1. The number of nitrogens with zero attached hydrogens (tertiary/aromatic N) is 1. The summed E-state index contributed by atoms with van der Waals surface area (Å²) in [6.45, 7) is 7.82. The minimum absolute atomic E-state index is 0.887. The maximum atomic E-state index is 6.11. The van der Waals surface area contributed by atoms with Crippen molar-refractivity contribution < 1.29 is 0 Å². The zero-order valence-electron chi connectivity index (χ0n) is 9.80. The first kappa shape index (κ1) is 11.9. The Bertz CT molecular complexity index is 346. The summed E-state index contributed by atoms with van der Waals surface area (Å²) >= 11 is 6.11. The van der Waals surface area contributed by atoms with Gasteiger partial charge in [-0.15, -0.1) is 0 Å². The number of benzene rings is 1. The number of hydrogen-bond acceptors (Lipinski definition) is 2. The van der Waals surface area contributed by atoms with E-state index in [9.17, 15) is 0 Å². The summed E-state index contributed by atoms with van der Waals surface area (Å²) in [5.74, 6) is 0. The predicted octanol–water partition coefficient (Wildman–Crippen LogP) is 2.10. The molecule has 2 nitrogen and oxygen atoms in total. The second-order valence-electron chi connectivity index (χ2n) is 4.37. The molecule has 0 aromatic heterocycles. The van der Waals surface area contributed by atoms with Crippen LogP contribution >= 0.6 is 11.6 Å². The molecule has 0 aliphatic carbocycles. The molecule has 1 aromatic rings. The Morgan fingerprint density at radius 2 is 2.06 bits per heavy atom. The second-order valence-corrected chi connectivity index (χ2v) is 4.77. The molecule has 16 heavy (non-hydrogen) atoms. The van der Waals surface area contributed by atoms with Crippen molar-refractivity contribution in [2.24, 2.45) is 0 Å². The summed E-state index contributed by atoms with van der Waals surface area (Å²) < 4.78 is 0. The topological polar surface area (TPSA) is 15.3 Å². The van der Waals surface area contributed by atoms with E-state index in [1.807, 2.05) is 12.1 Å². The number of rotatable bonds is 3. The fraction of sp³-hybridized carbons (Fsp3) is 0.538. The molecule has 1 saturated heterocycles. The fourth-order valence-corrected chi connectivity index (χ4v) is 2.33. The Morgan fingerprint density at radius 3 is 2.81 bits per heavy atom. The molecule has 1 heterocycles. The zero-order chi connectivity index (χ0) is 11.4. The summed E-state index contributed by atoms with van der Waals surface area (Å²) in [7, 11) is 0. The van der Waals surface area contributed by atoms with Crippen molar-refractivity contribution in [1.82, 2.24) is 10.2 Å². The van der Waals surface area contributed by atoms with Crippen LogP contribution in [0.4, 0.5) is 0 Å². The average Bonchev–Trinajstić information content (AvgIpc) is 2.32. The molecule has 0 spiro atoms. The van der Waals surface area contributed by atoms with Crippen LogP contribution in [0.3, 0.4) is 0 Å². The summed E-state index contributed by atoms with van der Waals surface area (Å²) in [6.07, 6.45) is 1.10. The first-order chi connectivity index (χ1) is 7.77. The van der Waals surface area contributed by atoms with Crippen LogP contribution in [0.5, 0.6) is 0 Å². The first-order valence-electron chi connectivity index (χ1n) is 5.94. The minimum Gasteiger partial charge on any atom is -0.314 e. The molecule has 88 valence electrons. The molecular weight excluding hydrogens is 220 g/mol. The van der Waals surface area contributed by atoms with Crippen molar-refractivity contribution in [1.29, 1.82) is 0 Å². The highest BCUT2D eigenvalue weighted by Crippen LogP contribution is 2.19. The molecule has 1 aliphatic heterocycles. The Balaban J connectivity index is 1.91. The van der Waals surface area contributed by atoms with Crippen LogP contribution in [0, 0.1) is 6.92 Å². The van der Waals surface area contributed by atoms with E-state index in [1.54, 1.807) is 0 Å². The lowest BCUT2D eigenvalue weighted by atomic mass is 10.1. The van der Waals surface area contributed by atoms with Crippen molar-refractivity contribution in [3.63, 3.8) is 0 Å². The maximum Gasteiger partial charge on any atom is 0.0437 e. The van der Waals surface area contributed by atoms with Crippen LogP contribution in [0.25, 0.3) is 0 Å². The van der Waals surface area contributed by atoms with E-state index in [-0.39, 0.29) is 0 Å². The van der Waals surface area contributed by atoms with Gasteiger partial charge in [-0.3, -0.25) is 0 Å². The molecule has 2 rings (SSSR count). The van der Waals surface area contributed by atoms with Crippen LogP contribution in [-0.2, 0) is 6.42 Å². The van der Waals surface area contributed by atoms with Gasteiger partial charge in [-0.05, 0) is 30.5 Å². The number of piperazine rings is 1. The van der Waals surface area contributed by atoms with Crippen LogP contribution in [0.1, 0.15) is 11.1 Å². The third kappa shape index (κ3) is 2.97. The average molecular weight is 239 g/mol. The lowest BCUT2D eigenvalue weighted by molar-refractivity contribution is 0.244. The highest BCUT2D eigenvalue weighted by molar-refractivity contribution is 6.31. The SMILES string of the molecule is Cc1c(Cl)cccc1CCN1CCNCC1.